The first-order valence-corrected chi connectivity index (χ1v) is 27.0. The molecule has 1 fully saturated rings. The minimum Gasteiger partial charge on any atom is -0.0622 e. The van der Waals surface area contributed by atoms with Crippen molar-refractivity contribution >= 4 is 0 Å². The van der Waals surface area contributed by atoms with E-state index < -0.39 is 0 Å². The van der Waals surface area contributed by atoms with Gasteiger partial charge >= 0.3 is 0 Å². The van der Waals surface area contributed by atoms with E-state index in [4.69, 9.17) is 0 Å². The zero-order chi connectivity index (χ0) is 50.6. The minimum absolute atomic E-state index is 0.0709. The van der Waals surface area contributed by atoms with E-state index >= 15 is 0 Å². The van der Waals surface area contributed by atoms with E-state index in [2.05, 4.69) is 272 Å². The third kappa shape index (κ3) is 7.81. The number of hydrogen-bond donors (Lipinski definition) is 0. The molecule has 0 aromatic heterocycles. The van der Waals surface area contributed by atoms with Gasteiger partial charge in [0.25, 0.3) is 0 Å². The second kappa shape index (κ2) is 18.9. The molecule has 0 N–H and O–H groups in total. The second-order valence-corrected chi connectivity index (χ2v) is 22.1. The molecule has 1 atom stereocenters. The summed E-state index contributed by atoms with van der Waals surface area (Å²) < 4.78 is 0. The number of benzene rings is 10. The summed E-state index contributed by atoms with van der Waals surface area (Å²) in [5.74, 6) is 0. The first-order valence-electron chi connectivity index (χ1n) is 27.0. The van der Waals surface area contributed by atoms with Crippen LogP contribution in [0.3, 0.4) is 0 Å². The highest BCUT2D eigenvalue weighted by Crippen LogP contribution is 2.58. The van der Waals surface area contributed by atoms with Crippen molar-refractivity contribution in [2.75, 3.05) is 0 Å². The summed E-state index contributed by atoms with van der Waals surface area (Å²) >= 11 is 0. The Hall–Kier alpha value is -7.80. The normalized spacial score (nSPS) is 16.5. The Labute approximate surface area is 440 Å². The van der Waals surface area contributed by atoms with Crippen molar-refractivity contribution in [1.82, 2.24) is 0 Å². The fraction of sp³-hybridized carbons (Fsp3) is 0.189. The van der Waals surface area contributed by atoms with Crippen LogP contribution in [-0.4, -0.2) is 0 Å². The summed E-state index contributed by atoms with van der Waals surface area (Å²) in [6.45, 7) is 13.8. The first-order chi connectivity index (χ1) is 36.1. The average Bonchev–Trinajstić information content (AvgIpc) is 3.98. The van der Waals surface area contributed by atoms with Gasteiger partial charge in [-0.15, -0.1) is 0 Å². The van der Waals surface area contributed by atoms with E-state index in [1.165, 1.54) is 143 Å². The van der Waals surface area contributed by atoms with Crippen LogP contribution in [0.25, 0.3) is 66.8 Å². The lowest BCUT2D eigenvalue weighted by molar-refractivity contribution is 0.353. The SMILES string of the molecule is Cc1cccc2c1-c1ccc(-c3ccccc3)cc1C2(C)C.Cc1cccc2c1-c1ccc(-c3ccccc3)cc1C2(C)c1ccccc1.Cc1cccc2c1-c1ccc(-c3ccccc3)cc1C21CCCCC1. The molecule has 1 spiro atoms. The number of aryl methyl sites for hydroxylation is 3. The summed E-state index contributed by atoms with van der Waals surface area (Å²) in [5, 5.41) is 0. The van der Waals surface area contributed by atoms with Gasteiger partial charge in [0, 0.05) is 16.2 Å². The largest absolute Gasteiger partial charge is 0.0622 e. The molecule has 0 radical (unpaired) electrons. The fourth-order valence-corrected chi connectivity index (χ4v) is 13.7. The third-order valence-corrected chi connectivity index (χ3v) is 17.5. The van der Waals surface area contributed by atoms with Crippen LogP contribution in [0, 0.1) is 20.8 Å². The van der Waals surface area contributed by atoms with Gasteiger partial charge in [-0.25, -0.2) is 0 Å². The molecular weight excluding hydrogens is 889 g/mol. The van der Waals surface area contributed by atoms with E-state index in [0.717, 1.165) is 0 Å². The number of hydrogen-bond acceptors (Lipinski definition) is 0. The molecule has 1 saturated carbocycles. The van der Waals surface area contributed by atoms with Crippen molar-refractivity contribution in [3.63, 3.8) is 0 Å². The Balaban J connectivity index is 0.000000113. The number of rotatable bonds is 4. The maximum atomic E-state index is 2.50. The Morgan fingerprint density at radius 3 is 1.16 bits per heavy atom. The molecule has 0 amide bonds. The van der Waals surface area contributed by atoms with Gasteiger partial charge in [-0.2, -0.15) is 0 Å². The van der Waals surface area contributed by atoms with Crippen LogP contribution < -0.4 is 0 Å². The first kappa shape index (κ1) is 47.2. The molecular formula is C74H66. The van der Waals surface area contributed by atoms with Crippen LogP contribution in [0.15, 0.2) is 231 Å². The topological polar surface area (TPSA) is 0 Å². The van der Waals surface area contributed by atoms with Crippen LogP contribution in [-0.2, 0) is 16.2 Å². The van der Waals surface area contributed by atoms with Gasteiger partial charge in [0.2, 0.25) is 0 Å². The van der Waals surface area contributed by atoms with Crippen molar-refractivity contribution in [2.24, 2.45) is 0 Å². The molecule has 10 aromatic carbocycles. The Bertz CT molecular complexity index is 3680. The molecule has 0 nitrogen and oxygen atoms in total. The molecule has 1 unspecified atom stereocenters. The van der Waals surface area contributed by atoms with E-state index in [1.54, 1.807) is 11.1 Å². The van der Waals surface area contributed by atoms with Gasteiger partial charge < -0.3 is 0 Å². The third-order valence-electron chi connectivity index (χ3n) is 17.5. The highest BCUT2D eigenvalue weighted by Gasteiger charge is 2.45. The Morgan fingerprint density at radius 2 is 0.662 bits per heavy atom. The zero-order valence-corrected chi connectivity index (χ0v) is 44.0. The van der Waals surface area contributed by atoms with Crippen LogP contribution in [0.5, 0.6) is 0 Å². The highest BCUT2D eigenvalue weighted by molar-refractivity contribution is 5.89. The molecule has 0 saturated heterocycles. The maximum absolute atomic E-state index is 2.50. The molecule has 14 rings (SSSR count). The molecule has 0 bridgehead atoms. The molecule has 4 aliphatic carbocycles. The van der Waals surface area contributed by atoms with Crippen LogP contribution in [0.2, 0.25) is 0 Å². The van der Waals surface area contributed by atoms with E-state index in [1.807, 2.05) is 0 Å². The highest BCUT2D eigenvalue weighted by atomic mass is 14.5. The smallest absolute Gasteiger partial charge is 0.0435 e. The molecule has 0 aliphatic heterocycles. The minimum atomic E-state index is -0.136. The maximum Gasteiger partial charge on any atom is 0.0435 e. The van der Waals surface area contributed by atoms with Gasteiger partial charge in [-0.05, 0) is 181 Å². The lowest BCUT2D eigenvalue weighted by Crippen LogP contribution is -2.28. The Morgan fingerprint density at radius 1 is 0.284 bits per heavy atom. The second-order valence-electron chi connectivity index (χ2n) is 22.1. The zero-order valence-electron chi connectivity index (χ0n) is 44.0. The van der Waals surface area contributed by atoms with Crippen molar-refractivity contribution in [3.8, 4) is 66.8 Å². The predicted octanol–water partition coefficient (Wildman–Crippen LogP) is 19.9. The fourth-order valence-electron chi connectivity index (χ4n) is 13.7. The molecule has 362 valence electrons. The lowest BCUT2D eigenvalue weighted by Gasteiger charge is -2.36. The summed E-state index contributed by atoms with van der Waals surface area (Å²) in [6, 6.07) is 84.5. The summed E-state index contributed by atoms with van der Waals surface area (Å²) in [4.78, 5) is 0. The van der Waals surface area contributed by atoms with Crippen LogP contribution >= 0.6 is 0 Å². The summed E-state index contributed by atoms with van der Waals surface area (Å²) in [5.41, 5.74) is 31.0. The van der Waals surface area contributed by atoms with E-state index in [0.29, 0.717) is 0 Å². The monoisotopic (exact) mass is 955 g/mol. The van der Waals surface area contributed by atoms with E-state index in [-0.39, 0.29) is 16.2 Å². The molecule has 0 heteroatoms. The van der Waals surface area contributed by atoms with Gasteiger partial charge in [0.1, 0.15) is 0 Å². The van der Waals surface area contributed by atoms with Crippen molar-refractivity contribution in [2.45, 2.75) is 89.9 Å². The molecule has 10 aromatic rings. The summed E-state index contributed by atoms with van der Waals surface area (Å²) in [6.07, 6.45) is 6.69. The quantitative estimate of drug-likeness (QED) is 0.165. The van der Waals surface area contributed by atoms with E-state index in [9.17, 15) is 0 Å². The van der Waals surface area contributed by atoms with Crippen LogP contribution in [0.1, 0.15) is 109 Å². The standard InChI is InChI=1S/C27H22.C25H24.C22H20/c1-19-10-9-15-24-26(19)23-17-16-21(20-11-5-3-6-12-20)18-25(23)27(24,2)22-13-7-4-8-14-22;1-18-9-8-12-22-24(18)21-14-13-20(19-10-4-2-5-11-19)17-23(21)25(22)15-6-3-7-16-25;1-15-8-7-11-19-21(15)18-13-12-17(14-20(18)22(19,2)3)16-9-5-4-6-10-16/h3-18H,1-2H3;2,4-5,8-14,17H,3,6-7,15-16H2,1H3;4-14H,1-3H3. The van der Waals surface area contributed by atoms with Gasteiger partial charge in [0.05, 0.1) is 0 Å². The van der Waals surface area contributed by atoms with Crippen molar-refractivity contribution in [1.29, 1.82) is 0 Å². The lowest BCUT2D eigenvalue weighted by atomic mass is 9.67. The van der Waals surface area contributed by atoms with Crippen LogP contribution in [0.4, 0.5) is 0 Å². The predicted molar refractivity (Wildman–Crippen MR) is 314 cm³/mol. The Kier molecular flexibility index (Phi) is 12.1. The number of fused-ring (bicyclic) bond motifs is 11. The van der Waals surface area contributed by atoms with Crippen molar-refractivity contribution < 1.29 is 0 Å². The summed E-state index contributed by atoms with van der Waals surface area (Å²) in [7, 11) is 0. The van der Waals surface area contributed by atoms with Crippen molar-refractivity contribution in [3.05, 3.63) is 286 Å². The van der Waals surface area contributed by atoms with Gasteiger partial charge in [-0.3, -0.25) is 0 Å². The molecule has 0 heterocycles. The molecule has 4 aliphatic rings. The molecule has 74 heavy (non-hydrogen) atoms. The van der Waals surface area contributed by atoms with Gasteiger partial charge in [-0.1, -0.05) is 245 Å². The average molecular weight is 955 g/mol. The van der Waals surface area contributed by atoms with Gasteiger partial charge in [0.15, 0.2) is 0 Å².